The van der Waals surface area contributed by atoms with Gasteiger partial charge in [0.15, 0.2) is 0 Å². The van der Waals surface area contributed by atoms with Crippen molar-refractivity contribution in [2.24, 2.45) is 17.3 Å². The number of fused-ring (bicyclic) bond motifs is 1. The van der Waals surface area contributed by atoms with E-state index in [0.29, 0.717) is 32.2 Å². The minimum absolute atomic E-state index is 0.0391. The lowest BCUT2D eigenvalue weighted by Crippen LogP contribution is -2.62. The molecule has 3 aliphatic heterocycles. The second kappa shape index (κ2) is 10.8. The average molecular weight is 533 g/mol. The molecular formula is C30H48N2O6. The van der Waals surface area contributed by atoms with Crippen molar-refractivity contribution < 1.29 is 29.0 Å². The van der Waals surface area contributed by atoms with Gasteiger partial charge < -0.3 is 24.4 Å². The summed E-state index contributed by atoms with van der Waals surface area (Å²) in [4.78, 5) is 45.7. The standard InChI is InChI=1S/C30H48N2O6/c1-10-16-31(28(8,9)19-27(5,6)7)25(35)23-30-15-14-29(13-4,38-30)22(26(36)37-17-11-2)21(30)24(34)32(23)20(12-3)18-33/h10-11,20-23,33H,1-2,12-19H2,3-9H3/t20-,21-,22+,23?,29-,30?/m0/s1. The predicted octanol–water partition coefficient (Wildman–Crippen LogP) is 3.87. The van der Waals surface area contributed by atoms with Crippen LogP contribution in [0.15, 0.2) is 25.3 Å². The first-order chi connectivity index (χ1) is 17.7. The van der Waals surface area contributed by atoms with E-state index in [9.17, 15) is 19.5 Å². The third-order valence-electron chi connectivity index (χ3n) is 8.80. The number of hydrogen-bond donors (Lipinski definition) is 1. The Hall–Kier alpha value is -2.19. The van der Waals surface area contributed by atoms with E-state index in [4.69, 9.17) is 9.47 Å². The molecule has 3 rings (SSSR count). The van der Waals surface area contributed by atoms with Gasteiger partial charge in [0, 0.05) is 12.1 Å². The zero-order valence-electron chi connectivity index (χ0n) is 24.4. The summed E-state index contributed by atoms with van der Waals surface area (Å²) in [5, 5.41) is 10.3. The maximum Gasteiger partial charge on any atom is 0.313 e. The number of carbonyl (C=O) groups excluding carboxylic acids is 3. The van der Waals surface area contributed by atoms with Crippen molar-refractivity contribution >= 4 is 17.8 Å². The monoisotopic (exact) mass is 532 g/mol. The van der Waals surface area contributed by atoms with E-state index >= 15 is 0 Å². The molecule has 1 N–H and O–H groups in total. The van der Waals surface area contributed by atoms with E-state index in [1.807, 2.05) is 27.7 Å². The van der Waals surface area contributed by atoms with Crippen LogP contribution in [0.25, 0.3) is 0 Å². The van der Waals surface area contributed by atoms with Crippen LogP contribution >= 0.6 is 0 Å². The molecule has 2 bridgehead atoms. The summed E-state index contributed by atoms with van der Waals surface area (Å²) in [5.41, 5.74) is -2.63. The number of nitrogens with zero attached hydrogens (tertiary/aromatic N) is 2. The van der Waals surface area contributed by atoms with Crippen molar-refractivity contribution in [1.82, 2.24) is 9.80 Å². The molecule has 38 heavy (non-hydrogen) atoms. The zero-order chi connectivity index (χ0) is 28.7. The van der Waals surface area contributed by atoms with Gasteiger partial charge in [0.1, 0.15) is 24.2 Å². The van der Waals surface area contributed by atoms with Crippen LogP contribution in [0.5, 0.6) is 0 Å². The summed E-state index contributed by atoms with van der Waals surface area (Å²) >= 11 is 0. The topological polar surface area (TPSA) is 96.4 Å². The highest BCUT2D eigenvalue weighted by atomic mass is 16.6. The van der Waals surface area contributed by atoms with Gasteiger partial charge in [0.25, 0.3) is 0 Å². The van der Waals surface area contributed by atoms with Crippen molar-refractivity contribution in [3.63, 3.8) is 0 Å². The van der Waals surface area contributed by atoms with E-state index in [2.05, 4.69) is 33.9 Å². The Morgan fingerprint density at radius 2 is 1.87 bits per heavy atom. The Bertz CT molecular complexity index is 951. The quantitative estimate of drug-likeness (QED) is 0.303. The molecule has 2 amide bonds. The van der Waals surface area contributed by atoms with Crippen LogP contribution in [0.3, 0.4) is 0 Å². The summed E-state index contributed by atoms with van der Waals surface area (Å²) in [6.07, 6.45) is 5.96. The minimum Gasteiger partial charge on any atom is -0.461 e. The normalized spacial score (nSPS) is 31.2. The van der Waals surface area contributed by atoms with Gasteiger partial charge in [-0.25, -0.2) is 0 Å². The molecule has 0 aromatic carbocycles. The lowest BCUT2D eigenvalue weighted by Gasteiger charge is -2.46. The van der Waals surface area contributed by atoms with E-state index < -0.39 is 46.6 Å². The van der Waals surface area contributed by atoms with Gasteiger partial charge in [-0.05, 0) is 51.4 Å². The molecule has 3 fully saturated rings. The fourth-order valence-electron chi connectivity index (χ4n) is 7.64. The smallest absolute Gasteiger partial charge is 0.313 e. The largest absolute Gasteiger partial charge is 0.461 e. The number of amides is 2. The third kappa shape index (κ3) is 4.83. The van der Waals surface area contributed by atoms with Crippen molar-refractivity contribution in [1.29, 1.82) is 0 Å². The first kappa shape index (κ1) is 30.4. The maximum absolute atomic E-state index is 14.7. The van der Waals surface area contributed by atoms with Crippen LogP contribution in [0.1, 0.15) is 80.6 Å². The number of carbonyl (C=O) groups is 3. The third-order valence-corrected chi connectivity index (χ3v) is 8.80. The molecule has 0 aromatic heterocycles. The minimum atomic E-state index is -1.16. The van der Waals surface area contributed by atoms with Crippen LogP contribution in [-0.4, -0.2) is 81.3 Å². The number of aliphatic hydroxyl groups excluding tert-OH is 1. The number of aliphatic hydroxyl groups is 1. The van der Waals surface area contributed by atoms with Gasteiger partial charge in [0.05, 0.1) is 24.2 Å². The van der Waals surface area contributed by atoms with Crippen molar-refractivity contribution in [2.75, 3.05) is 19.8 Å². The van der Waals surface area contributed by atoms with E-state index in [1.54, 1.807) is 11.0 Å². The molecule has 3 heterocycles. The molecular weight excluding hydrogens is 484 g/mol. The van der Waals surface area contributed by atoms with Crippen LogP contribution in [0.4, 0.5) is 0 Å². The molecule has 0 aromatic rings. The van der Waals surface area contributed by atoms with Crippen molar-refractivity contribution in [2.45, 2.75) is 109 Å². The van der Waals surface area contributed by atoms with Gasteiger partial charge in [-0.15, -0.1) is 6.58 Å². The Labute approximate surface area is 228 Å². The molecule has 8 nitrogen and oxygen atoms in total. The van der Waals surface area contributed by atoms with Crippen LogP contribution < -0.4 is 0 Å². The van der Waals surface area contributed by atoms with Gasteiger partial charge in [-0.1, -0.05) is 53.3 Å². The van der Waals surface area contributed by atoms with Crippen LogP contribution in [0.2, 0.25) is 0 Å². The zero-order valence-corrected chi connectivity index (χ0v) is 24.4. The Morgan fingerprint density at radius 3 is 2.37 bits per heavy atom. The first-order valence-corrected chi connectivity index (χ1v) is 14.0. The molecule has 8 heteroatoms. The predicted molar refractivity (Wildman–Crippen MR) is 146 cm³/mol. The average Bonchev–Trinajstić information content (AvgIpc) is 3.44. The van der Waals surface area contributed by atoms with E-state index in [-0.39, 0.29) is 30.4 Å². The lowest BCUT2D eigenvalue weighted by atomic mass is 9.65. The maximum atomic E-state index is 14.7. The summed E-state index contributed by atoms with van der Waals surface area (Å²) in [7, 11) is 0. The molecule has 0 aliphatic carbocycles. The fourth-order valence-corrected chi connectivity index (χ4v) is 7.64. The van der Waals surface area contributed by atoms with E-state index in [0.717, 1.165) is 6.42 Å². The van der Waals surface area contributed by atoms with Crippen molar-refractivity contribution in [3.8, 4) is 0 Å². The van der Waals surface area contributed by atoms with Crippen LogP contribution in [0, 0.1) is 17.3 Å². The highest BCUT2D eigenvalue weighted by molar-refractivity contribution is 5.99. The lowest BCUT2D eigenvalue weighted by molar-refractivity contribution is -0.164. The van der Waals surface area contributed by atoms with Crippen molar-refractivity contribution in [3.05, 3.63) is 25.3 Å². The second-order valence-electron chi connectivity index (χ2n) is 13.0. The second-order valence-corrected chi connectivity index (χ2v) is 13.0. The highest BCUT2D eigenvalue weighted by Gasteiger charge is 2.79. The van der Waals surface area contributed by atoms with Gasteiger partial charge >= 0.3 is 5.97 Å². The highest BCUT2D eigenvalue weighted by Crippen LogP contribution is 2.65. The summed E-state index contributed by atoms with van der Waals surface area (Å²) in [5.74, 6) is -2.70. The Balaban J connectivity index is 2.17. The van der Waals surface area contributed by atoms with E-state index in [1.165, 1.54) is 11.0 Å². The number of ether oxygens (including phenoxy) is 2. The molecule has 0 saturated carbocycles. The Morgan fingerprint density at radius 1 is 1.21 bits per heavy atom. The molecule has 1 spiro atoms. The number of likely N-dealkylation sites (tertiary alicyclic amines) is 1. The van der Waals surface area contributed by atoms with Gasteiger partial charge in [-0.2, -0.15) is 0 Å². The molecule has 2 unspecified atom stereocenters. The number of rotatable bonds is 12. The number of esters is 1. The first-order valence-electron chi connectivity index (χ1n) is 14.0. The summed E-state index contributed by atoms with van der Waals surface area (Å²) in [6.45, 7) is 21.9. The molecule has 214 valence electrons. The molecule has 3 saturated heterocycles. The van der Waals surface area contributed by atoms with Gasteiger partial charge in [0.2, 0.25) is 11.8 Å². The fraction of sp³-hybridized carbons (Fsp3) is 0.767. The summed E-state index contributed by atoms with van der Waals surface area (Å²) < 4.78 is 12.3. The van der Waals surface area contributed by atoms with Gasteiger partial charge in [-0.3, -0.25) is 14.4 Å². The molecule has 6 atom stereocenters. The van der Waals surface area contributed by atoms with Crippen LogP contribution in [-0.2, 0) is 23.9 Å². The Kier molecular flexibility index (Phi) is 8.60. The molecule has 0 radical (unpaired) electrons. The number of hydrogen-bond acceptors (Lipinski definition) is 6. The SMILES string of the molecule is C=CCOC(=O)[C@H]1[C@H]2C(=O)N([C@@H](CC)CO)C(C(=O)N(CC=C)C(C)(C)CC(C)(C)C)C23CC[C@]1(CC)O3. The molecule has 3 aliphatic rings. The summed E-state index contributed by atoms with van der Waals surface area (Å²) in [6, 6.07) is -1.53.